The Labute approximate surface area is 111 Å². The lowest BCUT2D eigenvalue weighted by atomic mass is 10.2. The number of aryl methyl sites for hydroxylation is 1. The molecule has 0 atom stereocenters. The lowest BCUT2D eigenvalue weighted by Gasteiger charge is -2.08. The molecule has 18 heavy (non-hydrogen) atoms. The molecule has 2 aromatic heterocycles. The number of thioether (sulfide) groups is 1. The molecule has 0 saturated heterocycles. The van der Waals surface area contributed by atoms with Gasteiger partial charge in [-0.1, -0.05) is 0 Å². The molecule has 8 heteroatoms. The standard InChI is InChI=1S/C10H10N4O2S2/c15-9(16)4-14-10(11-12-13-14)8-3-6-5-17-2-1-7(6)18-8/h3H,1-2,4-5H2,(H,15,16). The first-order valence-corrected chi connectivity index (χ1v) is 7.39. The summed E-state index contributed by atoms with van der Waals surface area (Å²) >= 11 is 3.58. The lowest BCUT2D eigenvalue weighted by molar-refractivity contribution is -0.137. The Morgan fingerprint density at radius 2 is 2.44 bits per heavy atom. The van der Waals surface area contributed by atoms with Gasteiger partial charge in [-0.05, 0) is 34.2 Å². The predicted molar refractivity (Wildman–Crippen MR) is 68.6 cm³/mol. The van der Waals surface area contributed by atoms with Crippen LogP contribution in [0, 0.1) is 0 Å². The maximum Gasteiger partial charge on any atom is 0.325 e. The molecular formula is C10H10N4O2S2. The number of fused-ring (bicyclic) bond motifs is 1. The third-order valence-corrected chi connectivity index (χ3v) is 4.91. The van der Waals surface area contributed by atoms with E-state index in [0.717, 1.165) is 22.8 Å². The second-order valence-electron chi connectivity index (χ2n) is 3.92. The van der Waals surface area contributed by atoms with Crippen molar-refractivity contribution in [3.05, 3.63) is 16.5 Å². The zero-order valence-corrected chi connectivity index (χ0v) is 11.0. The zero-order chi connectivity index (χ0) is 12.5. The normalized spacial score (nSPS) is 14.4. The van der Waals surface area contributed by atoms with Gasteiger partial charge in [0.15, 0.2) is 5.82 Å². The van der Waals surface area contributed by atoms with Crippen LogP contribution in [0.2, 0.25) is 0 Å². The van der Waals surface area contributed by atoms with E-state index in [4.69, 9.17) is 5.11 Å². The van der Waals surface area contributed by atoms with E-state index < -0.39 is 5.97 Å². The molecule has 0 unspecified atom stereocenters. The fourth-order valence-corrected chi connectivity index (χ4v) is 4.23. The van der Waals surface area contributed by atoms with Gasteiger partial charge in [0.25, 0.3) is 0 Å². The molecule has 0 bridgehead atoms. The average Bonchev–Trinajstić information content (AvgIpc) is 2.93. The van der Waals surface area contributed by atoms with Gasteiger partial charge in [0.2, 0.25) is 0 Å². The number of aliphatic carboxylic acids is 1. The quantitative estimate of drug-likeness (QED) is 0.913. The molecule has 3 heterocycles. The second-order valence-corrected chi connectivity index (χ2v) is 6.16. The van der Waals surface area contributed by atoms with Crippen LogP contribution in [0.3, 0.4) is 0 Å². The van der Waals surface area contributed by atoms with Crippen molar-refractivity contribution in [2.24, 2.45) is 0 Å². The Morgan fingerprint density at radius 1 is 1.56 bits per heavy atom. The van der Waals surface area contributed by atoms with Gasteiger partial charge in [-0.2, -0.15) is 11.8 Å². The molecule has 94 valence electrons. The van der Waals surface area contributed by atoms with Crippen molar-refractivity contribution in [2.45, 2.75) is 18.7 Å². The van der Waals surface area contributed by atoms with Crippen molar-refractivity contribution in [3.63, 3.8) is 0 Å². The van der Waals surface area contributed by atoms with Gasteiger partial charge in [0.1, 0.15) is 6.54 Å². The highest BCUT2D eigenvalue weighted by Gasteiger charge is 2.18. The number of thiophene rings is 1. The Kier molecular flexibility index (Phi) is 3.04. The van der Waals surface area contributed by atoms with Crippen LogP contribution in [-0.4, -0.2) is 37.0 Å². The van der Waals surface area contributed by atoms with Crippen LogP contribution < -0.4 is 0 Å². The molecular weight excluding hydrogens is 272 g/mol. The maximum absolute atomic E-state index is 10.7. The minimum Gasteiger partial charge on any atom is -0.480 e. The van der Waals surface area contributed by atoms with Crippen LogP contribution in [0.1, 0.15) is 10.4 Å². The number of carbonyl (C=O) groups is 1. The van der Waals surface area contributed by atoms with Crippen molar-refractivity contribution in [1.82, 2.24) is 20.2 Å². The molecule has 0 amide bonds. The Bertz CT molecular complexity index is 569. The Morgan fingerprint density at radius 3 is 3.22 bits per heavy atom. The van der Waals surface area contributed by atoms with Crippen LogP contribution in [0.5, 0.6) is 0 Å². The highest BCUT2D eigenvalue weighted by Crippen LogP contribution is 2.35. The van der Waals surface area contributed by atoms with Gasteiger partial charge in [0.05, 0.1) is 4.88 Å². The summed E-state index contributed by atoms with van der Waals surface area (Å²) in [5, 5.41) is 20.0. The van der Waals surface area contributed by atoms with Gasteiger partial charge in [-0.25, -0.2) is 4.68 Å². The molecule has 0 spiro atoms. The van der Waals surface area contributed by atoms with E-state index >= 15 is 0 Å². The zero-order valence-electron chi connectivity index (χ0n) is 9.37. The number of rotatable bonds is 3. The average molecular weight is 282 g/mol. The number of hydrogen-bond acceptors (Lipinski definition) is 6. The lowest BCUT2D eigenvalue weighted by Crippen LogP contribution is -2.11. The van der Waals surface area contributed by atoms with E-state index in [0.29, 0.717) is 5.82 Å². The molecule has 1 aliphatic heterocycles. The SMILES string of the molecule is O=C(O)Cn1nnnc1-c1cc2c(s1)CCSC2. The minimum atomic E-state index is -0.944. The van der Waals surface area contributed by atoms with E-state index in [-0.39, 0.29) is 6.54 Å². The van der Waals surface area contributed by atoms with Crippen molar-refractivity contribution in [2.75, 3.05) is 5.75 Å². The summed E-state index contributed by atoms with van der Waals surface area (Å²) in [6, 6.07) is 2.08. The van der Waals surface area contributed by atoms with Crippen LogP contribution in [0.25, 0.3) is 10.7 Å². The largest absolute Gasteiger partial charge is 0.480 e. The van der Waals surface area contributed by atoms with Gasteiger partial charge in [-0.15, -0.1) is 16.4 Å². The fraction of sp³-hybridized carbons (Fsp3) is 0.400. The van der Waals surface area contributed by atoms with Gasteiger partial charge >= 0.3 is 5.97 Å². The van der Waals surface area contributed by atoms with Crippen molar-refractivity contribution in [1.29, 1.82) is 0 Å². The summed E-state index contributed by atoms with van der Waals surface area (Å²) in [6.07, 6.45) is 1.07. The highest BCUT2D eigenvalue weighted by molar-refractivity contribution is 7.98. The summed E-state index contributed by atoms with van der Waals surface area (Å²) in [5.74, 6) is 1.77. The summed E-state index contributed by atoms with van der Waals surface area (Å²) in [5.41, 5.74) is 1.33. The van der Waals surface area contributed by atoms with E-state index in [1.165, 1.54) is 15.1 Å². The molecule has 2 aromatic rings. The van der Waals surface area contributed by atoms with E-state index in [2.05, 4.69) is 21.6 Å². The maximum atomic E-state index is 10.7. The number of carboxylic acids is 1. The number of tetrazole rings is 1. The first-order valence-electron chi connectivity index (χ1n) is 5.41. The third-order valence-electron chi connectivity index (χ3n) is 2.66. The van der Waals surface area contributed by atoms with E-state index in [1.54, 1.807) is 11.3 Å². The second kappa shape index (κ2) is 4.69. The molecule has 1 N–H and O–H groups in total. The molecule has 0 fully saturated rings. The first kappa shape index (κ1) is 11.7. The van der Waals surface area contributed by atoms with Gasteiger partial charge < -0.3 is 5.11 Å². The smallest absolute Gasteiger partial charge is 0.325 e. The summed E-state index contributed by atoms with van der Waals surface area (Å²) < 4.78 is 1.33. The topological polar surface area (TPSA) is 80.9 Å². The van der Waals surface area contributed by atoms with E-state index in [1.807, 2.05) is 11.8 Å². The molecule has 1 aliphatic rings. The molecule has 0 radical (unpaired) electrons. The Hall–Kier alpha value is -1.41. The van der Waals surface area contributed by atoms with Crippen LogP contribution in [-0.2, 0) is 23.5 Å². The fourth-order valence-electron chi connectivity index (χ4n) is 1.87. The van der Waals surface area contributed by atoms with Crippen LogP contribution in [0.4, 0.5) is 0 Å². The molecule has 0 saturated carbocycles. The number of carboxylic acid groups (broad SMARTS) is 1. The first-order chi connectivity index (χ1) is 8.74. The molecule has 6 nitrogen and oxygen atoms in total. The minimum absolute atomic E-state index is 0.209. The molecule has 3 rings (SSSR count). The third kappa shape index (κ3) is 2.13. The Balaban J connectivity index is 1.97. The van der Waals surface area contributed by atoms with Crippen molar-refractivity contribution < 1.29 is 9.90 Å². The molecule has 0 aromatic carbocycles. The highest BCUT2D eigenvalue weighted by atomic mass is 32.2. The summed E-state index contributed by atoms with van der Waals surface area (Å²) in [6.45, 7) is -0.209. The van der Waals surface area contributed by atoms with Crippen LogP contribution in [0.15, 0.2) is 6.07 Å². The molecule has 0 aliphatic carbocycles. The summed E-state index contributed by atoms with van der Waals surface area (Å²) in [7, 11) is 0. The van der Waals surface area contributed by atoms with Gasteiger partial charge in [-0.3, -0.25) is 4.79 Å². The monoisotopic (exact) mass is 282 g/mol. The number of aromatic nitrogens is 4. The predicted octanol–water partition coefficient (Wildman–Crippen LogP) is 1.28. The van der Waals surface area contributed by atoms with Crippen molar-refractivity contribution >= 4 is 29.1 Å². The number of hydrogen-bond donors (Lipinski definition) is 1. The van der Waals surface area contributed by atoms with Crippen molar-refractivity contribution in [3.8, 4) is 10.7 Å². The van der Waals surface area contributed by atoms with E-state index in [9.17, 15) is 4.79 Å². The number of nitrogens with zero attached hydrogens (tertiary/aromatic N) is 4. The summed E-state index contributed by atoms with van der Waals surface area (Å²) in [4.78, 5) is 13.1. The van der Waals surface area contributed by atoms with Gasteiger partial charge in [0, 0.05) is 10.6 Å². The van der Waals surface area contributed by atoms with Crippen LogP contribution >= 0.6 is 23.1 Å².